The van der Waals surface area contributed by atoms with E-state index >= 15 is 0 Å². The molecule has 5 heteroatoms. The molecule has 3 N–H and O–H groups in total. The number of aryl methyl sites for hydroxylation is 1. The van der Waals surface area contributed by atoms with Crippen LogP contribution in [0, 0.1) is 6.92 Å². The molecule has 2 rings (SSSR count). The Kier molecular flexibility index (Phi) is 4.42. The minimum atomic E-state index is -3.55. The molecule has 2 aromatic carbocycles. The molecule has 0 spiro atoms. The van der Waals surface area contributed by atoms with Crippen molar-refractivity contribution >= 4 is 15.7 Å². The highest BCUT2D eigenvalue weighted by molar-refractivity contribution is 7.92. The van der Waals surface area contributed by atoms with Gasteiger partial charge in [-0.15, -0.1) is 0 Å². The van der Waals surface area contributed by atoms with Crippen molar-refractivity contribution in [1.82, 2.24) is 0 Å². The molecule has 0 saturated heterocycles. The molecule has 0 amide bonds. The summed E-state index contributed by atoms with van der Waals surface area (Å²) >= 11 is 0. The van der Waals surface area contributed by atoms with Crippen LogP contribution in [0.3, 0.4) is 0 Å². The first-order chi connectivity index (χ1) is 9.53. The van der Waals surface area contributed by atoms with E-state index in [2.05, 4.69) is 4.72 Å². The van der Waals surface area contributed by atoms with Crippen molar-refractivity contribution in [3.63, 3.8) is 0 Å². The third kappa shape index (κ3) is 3.37. The van der Waals surface area contributed by atoms with E-state index in [1.807, 2.05) is 19.1 Å². The van der Waals surface area contributed by atoms with Gasteiger partial charge in [0.05, 0.1) is 10.6 Å². The number of rotatable bonds is 5. The Morgan fingerprint density at radius 1 is 1.05 bits per heavy atom. The monoisotopic (exact) mass is 290 g/mol. The van der Waals surface area contributed by atoms with Crippen molar-refractivity contribution < 1.29 is 8.42 Å². The molecule has 4 nitrogen and oxygen atoms in total. The summed E-state index contributed by atoms with van der Waals surface area (Å²) in [6.45, 7) is 2.41. The predicted octanol–water partition coefficient (Wildman–Crippen LogP) is 2.30. The standard InChI is InChI=1S/C15H18N2O2S/c1-12-4-2-3-5-15(12)17-20(18,19)14-8-6-13(7-9-14)10-11-16/h2-9,17H,10-11,16H2,1H3. The van der Waals surface area contributed by atoms with E-state index in [4.69, 9.17) is 5.73 Å². The molecule has 0 aliphatic carbocycles. The molecular formula is C15H18N2O2S. The zero-order valence-electron chi connectivity index (χ0n) is 11.3. The van der Waals surface area contributed by atoms with Crippen LogP contribution in [0.25, 0.3) is 0 Å². The average Bonchev–Trinajstić information content (AvgIpc) is 2.42. The second-order valence-corrected chi connectivity index (χ2v) is 6.29. The number of hydrogen-bond donors (Lipinski definition) is 2. The van der Waals surface area contributed by atoms with Crippen LogP contribution in [0.2, 0.25) is 0 Å². The molecule has 106 valence electrons. The van der Waals surface area contributed by atoms with Crippen molar-refractivity contribution in [3.8, 4) is 0 Å². The van der Waals surface area contributed by atoms with Gasteiger partial charge in [-0.3, -0.25) is 4.72 Å². The average molecular weight is 290 g/mol. The predicted molar refractivity (Wildman–Crippen MR) is 81.2 cm³/mol. The Balaban J connectivity index is 2.24. The Morgan fingerprint density at radius 3 is 2.30 bits per heavy atom. The van der Waals surface area contributed by atoms with Crippen LogP contribution < -0.4 is 10.5 Å². The lowest BCUT2D eigenvalue weighted by atomic mass is 10.2. The molecule has 0 atom stereocenters. The zero-order valence-corrected chi connectivity index (χ0v) is 12.2. The minimum absolute atomic E-state index is 0.251. The van der Waals surface area contributed by atoms with Crippen LogP contribution >= 0.6 is 0 Å². The fourth-order valence-corrected chi connectivity index (χ4v) is 3.02. The number of nitrogens with two attached hydrogens (primary N) is 1. The molecule has 0 unspecified atom stereocenters. The number of benzene rings is 2. The maximum atomic E-state index is 12.3. The topological polar surface area (TPSA) is 72.2 Å². The summed E-state index contributed by atoms with van der Waals surface area (Å²) in [5, 5.41) is 0. The van der Waals surface area contributed by atoms with Gasteiger partial charge < -0.3 is 5.73 Å². The van der Waals surface area contributed by atoms with Gasteiger partial charge in [0.15, 0.2) is 0 Å². The third-order valence-electron chi connectivity index (χ3n) is 3.06. The molecule has 0 aliphatic rings. The first-order valence-corrected chi connectivity index (χ1v) is 7.89. The van der Waals surface area contributed by atoms with E-state index in [-0.39, 0.29) is 4.90 Å². The summed E-state index contributed by atoms with van der Waals surface area (Å²) in [6.07, 6.45) is 0.742. The van der Waals surface area contributed by atoms with Gasteiger partial charge in [-0.05, 0) is 49.2 Å². The van der Waals surface area contributed by atoms with Gasteiger partial charge in [-0.25, -0.2) is 8.42 Å². The van der Waals surface area contributed by atoms with Crippen LogP contribution in [0.4, 0.5) is 5.69 Å². The van der Waals surface area contributed by atoms with Gasteiger partial charge in [0.1, 0.15) is 0 Å². The van der Waals surface area contributed by atoms with E-state index in [1.54, 1.807) is 36.4 Å². The van der Waals surface area contributed by atoms with Gasteiger partial charge in [-0.1, -0.05) is 30.3 Å². The van der Waals surface area contributed by atoms with Crippen molar-refractivity contribution in [3.05, 3.63) is 59.7 Å². The molecule has 0 fully saturated rings. The van der Waals surface area contributed by atoms with Crippen molar-refractivity contribution in [2.75, 3.05) is 11.3 Å². The number of anilines is 1. The highest BCUT2D eigenvalue weighted by Crippen LogP contribution is 2.19. The maximum absolute atomic E-state index is 12.3. The van der Waals surface area contributed by atoms with E-state index in [0.717, 1.165) is 17.5 Å². The SMILES string of the molecule is Cc1ccccc1NS(=O)(=O)c1ccc(CCN)cc1. The summed E-state index contributed by atoms with van der Waals surface area (Å²) < 4.78 is 27.2. The van der Waals surface area contributed by atoms with E-state index < -0.39 is 10.0 Å². The largest absolute Gasteiger partial charge is 0.330 e. The second-order valence-electron chi connectivity index (χ2n) is 4.60. The Morgan fingerprint density at radius 2 is 1.70 bits per heavy atom. The van der Waals surface area contributed by atoms with Crippen LogP contribution in [0.15, 0.2) is 53.4 Å². The second kappa shape index (κ2) is 6.07. The van der Waals surface area contributed by atoms with Crippen molar-refractivity contribution in [2.45, 2.75) is 18.2 Å². The Bertz CT molecular complexity index is 679. The zero-order chi connectivity index (χ0) is 14.6. The molecule has 0 heterocycles. The fraction of sp³-hybridized carbons (Fsp3) is 0.200. The molecule has 0 bridgehead atoms. The normalized spacial score (nSPS) is 11.3. The number of nitrogens with one attached hydrogen (secondary N) is 1. The van der Waals surface area contributed by atoms with Gasteiger partial charge in [0.25, 0.3) is 10.0 Å². The highest BCUT2D eigenvalue weighted by atomic mass is 32.2. The Hall–Kier alpha value is -1.85. The van der Waals surface area contributed by atoms with Gasteiger partial charge >= 0.3 is 0 Å². The Labute approximate surface area is 119 Å². The molecule has 0 aromatic heterocycles. The molecule has 20 heavy (non-hydrogen) atoms. The molecular weight excluding hydrogens is 272 g/mol. The molecule has 0 saturated carbocycles. The van der Waals surface area contributed by atoms with Crippen molar-refractivity contribution in [1.29, 1.82) is 0 Å². The van der Waals surface area contributed by atoms with Gasteiger partial charge in [-0.2, -0.15) is 0 Å². The number of para-hydroxylation sites is 1. The molecule has 2 aromatic rings. The van der Waals surface area contributed by atoms with Gasteiger partial charge in [0, 0.05) is 0 Å². The summed E-state index contributed by atoms with van der Waals surface area (Å²) in [5.41, 5.74) is 7.98. The van der Waals surface area contributed by atoms with Crippen LogP contribution in [-0.2, 0) is 16.4 Å². The lowest BCUT2D eigenvalue weighted by Gasteiger charge is -2.10. The van der Waals surface area contributed by atoms with Crippen LogP contribution in [-0.4, -0.2) is 15.0 Å². The van der Waals surface area contributed by atoms with Gasteiger partial charge in [0.2, 0.25) is 0 Å². The first-order valence-electron chi connectivity index (χ1n) is 6.40. The minimum Gasteiger partial charge on any atom is -0.330 e. The summed E-state index contributed by atoms with van der Waals surface area (Å²) in [4.78, 5) is 0.251. The first kappa shape index (κ1) is 14.6. The third-order valence-corrected chi connectivity index (χ3v) is 4.44. The lowest BCUT2D eigenvalue weighted by Crippen LogP contribution is -2.13. The van der Waals surface area contributed by atoms with E-state index in [1.165, 1.54) is 0 Å². The lowest BCUT2D eigenvalue weighted by molar-refractivity contribution is 0.601. The highest BCUT2D eigenvalue weighted by Gasteiger charge is 2.14. The summed E-state index contributed by atoms with van der Waals surface area (Å²) in [6, 6.07) is 14.1. The van der Waals surface area contributed by atoms with Crippen molar-refractivity contribution in [2.24, 2.45) is 5.73 Å². The molecule has 0 aliphatic heterocycles. The summed E-state index contributed by atoms with van der Waals surface area (Å²) in [7, 11) is -3.55. The maximum Gasteiger partial charge on any atom is 0.261 e. The molecule has 0 radical (unpaired) electrons. The van der Waals surface area contributed by atoms with E-state index in [0.29, 0.717) is 12.2 Å². The summed E-state index contributed by atoms with van der Waals surface area (Å²) in [5.74, 6) is 0. The van der Waals surface area contributed by atoms with E-state index in [9.17, 15) is 8.42 Å². The number of hydrogen-bond acceptors (Lipinski definition) is 3. The smallest absolute Gasteiger partial charge is 0.261 e. The number of sulfonamides is 1. The van der Waals surface area contributed by atoms with Crippen LogP contribution in [0.5, 0.6) is 0 Å². The fourth-order valence-electron chi connectivity index (χ4n) is 1.89. The van der Waals surface area contributed by atoms with Crippen LogP contribution in [0.1, 0.15) is 11.1 Å². The quantitative estimate of drug-likeness (QED) is 0.887.